The standard InChI is InChI=1S/C20H25F2N5O/c1-12-9-18-24-16(10-17(19(21)22)27(18)25-12)14-5-4-8-26(11-14)20(28)15-6-3-7-23-13(15)2/h3,6-7,9,14,16-17,19,24H,4-5,8,10-11H2,1-2H3/t14-,16+,17-/m1/s1. The third-order valence-corrected chi connectivity index (χ3v) is 5.84. The van der Waals surface area contributed by atoms with Gasteiger partial charge in [-0.15, -0.1) is 0 Å². The number of halogens is 2. The number of fused-ring (bicyclic) bond motifs is 1. The monoisotopic (exact) mass is 389 g/mol. The lowest BCUT2D eigenvalue weighted by atomic mass is 9.85. The molecule has 2 aliphatic rings. The van der Waals surface area contributed by atoms with E-state index >= 15 is 0 Å². The van der Waals surface area contributed by atoms with Gasteiger partial charge in [0.25, 0.3) is 12.3 Å². The minimum Gasteiger partial charge on any atom is -0.367 e. The molecule has 3 atom stereocenters. The summed E-state index contributed by atoms with van der Waals surface area (Å²) < 4.78 is 28.7. The van der Waals surface area contributed by atoms with Crippen molar-refractivity contribution in [2.75, 3.05) is 18.4 Å². The van der Waals surface area contributed by atoms with Crippen LogP contribution in [0, 0.1) is 19.8 Å². The zero-order valence-electron chi connectivity index (χ0n) is 16.1. The molecule has 1 saturated heterocycles. The maximum absolute atomic E-state index is 13.7. The fourth-order valence-electron chi connectivity index (χ4n) is 4.41. The van der Waals surface area contributed by atoms with Crippen LogP contribution in [0.25, 0.3) is 0 Å². The van der Waals surface area contributed by atoms with E-state index in [1.807, 2.05) is 24.8 Å². The molecule has 6 nitrogen and oxygen atoms in total. The van der Waals surface area contributed by atoms with Gasteiger partial charge in [0.05, 0.1) is 11.3 Å². The minimum atomic E-state index is -2.47. The van der Waals surface area contributed by atoms with Gasteiger partial charge in [0.2, 0.25) is 0 Å². The van der Waals surface area contributed by atoms with E-state index in [1.54, 1.807) is 18.3 Å². The molecule has 8 heteroatoms. The summed E-state index contributed by atoms with van der Waals surface area (Å²) in [6.45, 7) is 4.88. The summed E-state index contributed by atoms with van der Waals surface area (Å²) in [5.74, 6) is 0.739. The molecule has 1 fully saturated rings. The second-order valence-electron chi connectivity index (χ2n) is 7.79. The van der Waals surface area contributed by atoms with Crippen LogP contribution in [0.15, 0.2) is 24.4 Å². The lowest BCUT2D eigenvalue weighted by Crippen LogP contribution is -2.48. The summed E-state index contributed by atoms with van der Waals surface area (Å²) in [7, 11) is 0. The molecule has 150 valence electrons. The minimum absolute atomic E-state index is 0.0302. The van der Waals surface area contributed by atoms with E-state index in [9.17, 15) is 13.6 Å². The van der Waals surface area contributed by atoms with Gasteiger partial charge in [-0.05, 0) is 51.2 Å². The molecule has 0 aromatic carbocycles. The van der Waals surface area contributed by atoms with Crippen LogP contribution >= 0.6 is 0 Å². The van der Waals surface area contributed by atoms with Gasteiger partial charge in [-0.2, -0.15) is 5.10 Å². The number of nitrogens with one attached hydrogen (secondary N) is 1. The maximum Gasteiger partial charge on any atom is 0.260 e. The fourth-order valence-corrected chi connectivity index (χ4v) is 4.41. The van der Waals surface area contributed by atoms with Crippen LogP contribution in [-0.4, -0.2) is 51.1 Å². The molecule has 2 aromatic heterocycles. The van der Waals surface area contributed by atoms with E-state index in [-0.39, 0.29) is 17.9 Å². The highest BCUT2D eigenvalue weighted by Gasteiger charge is 2.38. The molecule has 0 radical (unpaired) electrons. The van der Waals surface area contributed by atoms with Crippen LogP contribution in [-0.2, 0) is 0 Å². The molecule has 0 aliphatic carbocycles. The van der Waals surface area contributed by atoms with E-state index in [4.69, 9.17) is 0 Å². The number of amides is 1. The highest BCUT2D eigenvalue weighted by molar-refractivity contribution is 5.95. The van der Waals surface area contributed by atoms with Gasteiger partial charge >= 0.3 is 0 Å². The molecule has 2 aliphatic heterocycles. The Morgan fingerprint density at radius 1 is 1.36 bits per heavy atom. The van der Waals surface area contributed by atoms with Crippen molar-refractivity contribution >= 4 is 11.7 Å². The highest BCUT2D eigenvalue weighted by Crippen LogP contribution is 2.36. The number of likely N-dealkylation sites (tertiary alicyclic amines) is 1. The Balaban J connectivity index is 1.52. The molecular formula is C20H25F2N5O. The molecule has 1 amide bonds. The smallest absolute Gasteiger partial charge is 0.260 e. The quantitative estimate of drug-likeness (QED) is 0.874. The third-order valence-electron chi connectivity index (χ3n) is 5.84. The average Bonchev–Trinajstić information content (AvgIpc) is 3.07. The zero-order valence-corrected chi connectivity index (χ0v) is 16.1. The molecule has 0 unspecified atom stereocenters. The third kappa shape index (κ3) is 3.47. The summed E-state index contributed by atoms with van der Waals surface area (Å²) in [5, 5.41) is 7.63. The van der Waals surface area contributed by atoms with E-state index < -0.39 is 12.5 Å². The predicted molar refractivity (Wildman–Crippen MR) is 102 cm³/mol. The van der Waals surface area contributed by atoms with Crippen molar-refractivity contribution in [1.82, 2.24) is 19.7 Å². The van der Waals surface area contributed by atoms with Crippen LogP contribution in [0.4, 0.5) is 14.6 Å². The number of anilines is 1. The number of aryl methyl sites for hydroxylation is 2. The Kier molecular flexibility index (Phi) is 5.03. The lowest BCUT2D eigenvalue weighted by molar-refractivity contribution is 0.0505. The number of rotatable bonds is 3. The fraction of sp³-hybridized carbons (Fsp3) is 0.550. The topological polar surface area (TPSA) is 63.1 Å². The van der Waals surface area contributed by atoms with Crippen molar-refractivity contribution in [3.8, 4) is 0 Å². The average molecular weight is 389 g/mol. The number of alkyl halides is 2. The van der Waals surface area contributed by atoms with Crippen LogP contribution in [0.3, 0.4) is 0 Å². The molecule has 0 spiro atoms. The number of piperidine rings is 1. The summed E-state index contributed by atoms with van der Waals surface area (Å²) in [5.41, 5.74) is 2.04. The Morgan fingerprint density at radius 2 is 2.18 bits per heavy atom. The number of hydrogen-bond donors (Lipinski definition) is 1. The summed E-state index contributed by atoms with van der Waals surface area (Å²) in [6, 6.07) is 4.34. The first kappa shape index (κ1) is 18.8. The van der Waals surface area contributed by atoms with Crippen molar-refractivity contribution in [2.45, 2.75) is 51.6 Å². The Labute approximate surface area is 162 Å². The Morgan fingerprint density at radius 3 is 2.93 bits per heavy atom. The maximum atomic E-state index is 13.7. The number of aromatic nitrogens is 3. The van der Waals surface area contributed by atoms with Crippen molar-refractivity contribution in [2.24, 2.45) is 5.92 Å². The van der Waals surface area contributed by atoms with Gasteiger partial charge in [0, 0.05) is 37.1 Å². The van der Waals surface area contributed by atoms with E-state index in [0.717, 1.165) is 18.5 Å². The molecule has 0 bridgehead atoms. The van der Waals surface area contributed by atoms with Gasteiger partial charge in [-0.25, -0.2) is 13.5 Å². The molecule has 2 aromatic rings. The Bertz CT molecular complexity index is 868. The predicted octanol–water partition coefficient (Wildman–Crippen LogP) is 3.44. The van der Waals surface area contributed by atoms with Gasteiger partial charge in [-0.1, -0.05) is 0 Å². The second-order valence-corrected chi connectivity index (χ2v) is 7.79. The summed E-state index contributed by atoms with van der Waals surface area (Å²) in [4.78, 5) is 19.0. The van der Waals surface area contributed by atoms with Crippen molar-refractivity contribution in [3.63, 3.8) is 0 Å². The van der Waals surface area contributed by atoms with Crippen LogP contribution in [0.1, 0.15) is 47.1 Å². The zero-order chi connectivity index (χ0) is 19.8. The normalized spacial score (nSPS) is 24.8. The largest absolute Gasteiger partial charge is 0.367 e. The first-order valence-electron chi connectivity index (χ1n) is 9.75. The first-order valence-corrected chi connectivity index (χ1v) is 9.75. The summed E-state index contributed by atoms with van der Waals surface area (Å²) in [6.07, 6.45) is 1.29. The molecule has 1 N–H and O–H groups in total. The number of pyridine rings is 1. The SMILES string of the molecule is Cc1cc2n(n1)[C@@H](C(F)F)C[C@@H]([C@@H]1CCCN(C(=O)c3cccnc3C)C1)N2. The summed E-state index contributed by atoms with van der Waals surface area (Å²) >= 11 is 0. The number of carbonyl (C=O) groups is 1. The Hall–Kier alpha value is -2.51. The van der Waals surface area contributed by atoms with E-state index in [0.29, 0.717) is 36.6 Å². The number of nitrogens with zero attached hydrogens (tertiary/aromatic N) is 4. The van der Waals surface area contributed by atoms with Crippen molar-refractivity contribution < 1.29 is 13.6 Å². The van der Waals surface area contributed by atoms with Crippen molar-refractivity contribution in [3.05, 3.63) is 41.3 Å². The molecule has 4 rings (SSSR count). The van der Waals surface area contributed by atoms with E-state index in [1.165, 1.54) is 4.68 Å². The number of carbonyl (C=O) groups excluding carboxylic acids is 1. The van der Waals surface area contributed by atoms with Crippen LogP contribution < -0.4 is 5.32 Å². The molecule has 4 heterocycles. The lowest BCUT2D eigenvalue weighted by Gasteiger charge is -2.41. The first-order chi connectivity index (χ1) is 13.4. The van der Waals surface area contributed by atoms with Gasteiger partial charge in [0.15, 0.2) is 0 Å². The van der Waals surface area contributed by atoms with E-state index in [2.05, 4.69) is 15.4 Å². The van der Waals surface area contributed by atoms with Gasteiger partial charge < -0.3 is 10.2 Å². The molecule has 28 heavy (non-hydrogen) atoms. The van der Waals surface area contributed by atoms with Crippen LogP contribution in [0.2, 0.25) is 0 Å². The highest BCUT2D eigenvalue weighted by atomic mass is 19.3. The van der Waals surface area contributed by atoms with Gasteiger partial charge in [0.1, 0.15) is 11.9 Å². The molecular weight excluding hydrogens is 364 g/mol. The molecule has 0 saturated carbocycles. The van der Waals surface area contributed by atoms with Crippen molar-refractivity contribution in [1.29, 1.82) is 0 Å². The second kappa shape index (κ2) is 7.48. The van der Waals surface area contributed by atoms with Gasteiger partial charge in [-0.3, -0.25) is 9.78 Å². The van der Waals surface area contributed by atoms with Crippen LogP contribution in [0.5, 0.6) is 0 Å². The number of hydrogen-bond acceptors (Lipinski definition) is 4.